The van der Waals surface area contributed by atoms with E-state index in [2.05, 4.69) is 5.32 Å². The number of aromatic hydroxyl groups is 1. The van der Waals surface area contributed by atoms with Gasteiger partial charge in [-0.15, -0.1) is 0 Å². The predicted octanol–water partition coefficient (Wildman–Crippen LogP) is 2.69. The Kier molecular flexibility index (Phi) is 6.61. The van der Waals surface area contributed by atoms with Gasteiger partial charge in [0, 0.05) is 23.1 Å². The molecule has 1 amide bonds. The third-order valence-electron chi connectivity index (χ3n) is 4.13. The van der Waals surface area contributed by atoms with Gasteiger partial charge in [0.25, 0.3) is 5.91 Å². The topological polar surface area (TPSA) is 119 Å². The lowest BCUT2D eigenvalue weighted by Gasteiger charge is -2.17. The Labute approximate surface area is 169 Å². The number of thioether (sulfide) groups is 1. The largest absolute Gasteiger partial charge is 0.508 e. The van der Waals surface area contributed by atoms with Crippen molar-refractivity contribution in [3.05, 3.63) is 64.4 Å². The first-order chi connectivity index (χ1) is 14.0. The molecule has 0 fully saturated rings. The Hall–Kier alpha value is -3.20. The summed E-state index contributed by atoms with van der Waals surface area (Å²) in [4.78, 5) is 36.6. The summed E-state index contributed by atoms with van der Waals surface area (Å²) in [7, 11) is 0. The van der Waals surface area contributed by atoms with Gasteiger partial charge in [-0.25, -0.2) is 9.59 Å². The van der Waals surface area contributed by atoms with Crippen molar-refractivity contribution < 1.29 is 28.3 Å². The minimum absolute atomic E-state index is 0.0486. The van der Waals surface area contributed by atoms with Crippen LogP contribution in [0.4, 0.5) is 0 Å². The van der Waals surface area contributed by atoms with Gasteiger partial charge >= 0.3 is 11.6 Å². The fourth-order valence-electron chi connectivity index (χ4n) is 2.71. The van der Waals surface area contributed by atoms with Crippen LogP contribution in [0.5, 0.6) is 5.75 Å². The number of fused-ring (bicyclic) bond motifs is 1. The van der Waals surface area contributed by atoms with E-state index in [-0.39, 0.29) is 23.7 Å². The summed E-state index contributed by atoms with van der Waals surface area (Å²) in [6.07, 6.45) is 3.63. The molecule has 2 heterocycles. The van der Waals surface area contributed by atoms with Crippen LogP contribution in [-0.4, -0.2) is 35.0 Å². The Balaban J connectivity index is 1.73. The second-order valence-corrected chi connectivity index (χ2v) is 7.15. The van der Waals surface area contributed by atoms with Crippen molar-refractivity contribution in [2.45, 2.75) is 19.1 Å². The Morgan fingerprint density at radius 3 is 2.83 bits per heavy atom. The van der Waals surface area contributed by atoms with Crippen LogP contribution in [-0.2, 0) is 16.1 Å². The standard InChI is InChI=1S/C20H19NO7S/c1-29-8-6-15(21-19(24)16-3-2-7-26-16)20(25)27-11-12-9-18(23)28-17-10-13(22)4-5-14(12)17/h2-5,7,9-10,15,22H,6,8,11H2,1H3,(H,21,24)/t15-/m0/s1. The predicted molar refractivity (Wildman–Crippen MR) is 107 cm³/mol. The minimum Gasteiger partial charge on any atom is -0.508 e. The lowest BCUT2D eigenvalue weighted by atomic mass is 10.1. The number of hydrogen-bond acceptors (Lipinski definition) is 8. The fraction of sp³-hybridized carbons (Fsp3) is 0.250. The molecule has 3 aromatic rings. The van der Waals surface area contributed by atoms with Gasteiger partial charge in [0.15, 0.2) is 5.76 Å². The maximum Gasteiger partial charge on any atom is 0.336 e. The monoisotopic (exact) mass is 417 g/mol. The number of carbonyl (C=O) groups excluding carboxylic acids is 2. The lowest BCUT2D eigenvalue weighted by molar-refractivity contribution is -0.147. The van der Waals surface area contributed by atoms with Crippen LogP contribution in [0.1, 0.15) is 22.5 Å². The maximum absolute atomic E-state index is 12.6. The number of hydrogen-bond donors (Lipinski definition) is 2. The third kappa shape index (κ3) is 5.20. The van der Waals surface area contributed by atoms with Gasteiger partial charge in [-0.3, -0.25) is 4.79 Å². The Bertz CT molecular complexity index is 1060. The molecule has 0 aliphatic rings. The first-order valence-electron chi connectivity index (χ1n) is 8.73. The van der Waals surface area contributed by atoms with Crippen LogP contribution in [0.3, 0.4) is 0 Å². The molecule has 9 heteroatoms. The summed E-state index contributed by atoms with van der Waals surface area (Å²) >= 11 is 1.53. The molecule has 2 N–H and O–H groups in total. The molecule has 1 aromatic carbocycles. The van der Waals surface area contributed by atoms with Crippen LogP contribution in [0.25, 0.3) is 11.0 Å². The highest BCUT2D eigenvalue weighted by atomic mass is 32.2. The summed E-state index contributed by atoms with van der Waals surface area (Å²) in [5, 5.41) is 12.7. The van der Waals surface area contributed by atoms with Crippen molar-refractivity contribution in [1.82, 2.24) is 5.32 Å². The molecule has 2 aromatic heterocycles. The summed E-state index contributed by atoms with van der Waals surface area (Å²) in [6.45, 7) is -0.182. The van der Waals surface area contributed by atoms with E-state index in [0.717, 1.165) is 0 Å². The lowest BCUT2D eigenvalue weighted by Crippen LogP contribution is -2.42. The molecular weight excluding hydrogens is 398 g/mol. The van der Waals surface area contributed by atoms with Crippen LogP contribution >= 0.6 is 11.8 Å². The van der Waals surface area contributed by atoms with Crippen molar-refractivity contribution >= 4 is 34.6 Å². The highest BCUT2D eigenvalue weighted by Gasteiger charge is 2.24. The molecule has 0 saturated heterocycles. The SMILES string of the molecule is CSCC[C@H](NC(=O)c1ccco1)C(=O)OCc1cc(=O)oc2cc(O)ccc12. The number of phenols is 1. The average Bonchev–Trinajstić information content (AvgIpc) is 3.23. The van der Waals surface area contributed by atoms with Gasteiger partial charge in [-0.1, -0.05) is 0 Å². The van der Waals surface area contributed by atoms with E-state index >= 15 is 0 Å². The molecule has 152 valence electrons. The van der Waals surface area contributed by atoms with Gasteiger partial charge < -0.3 is 24.0 Å². The van der Waals surface area contributed by atoms with E-state index in [0.29, 0.717) is 23.1 Å². The number of amides is 1. The van der Waals surface area contributed by atoms with Crippen LogP contribution in [0, 0.1) is 0 Å². The summed E-state index contributed by atoms with van der Waals surface area (Å²) in [5.74, 6) is -0.459. The summed E-state index contributed by atoms with van der Waals surface area (Å²) < 4.78 is 15.5. The molecule has 0 bridgehead atoms. The molecular formula is C20H19NO7S. The molecule has 0 radical (unpaired) electrons. The van der Waals surface area contributed by atoms with E-state index in [1.807, 2.05) is 6.26 Å². The number of benzene rings is 1. The quantitative estimate of drug-likeness (QED) is 0.424. The molecule has 0 aliphatic heterocycles. The van der Waals surface area contributed by atoms with Gasteiger partial charge in [0.2, 0.25) is 0 Å². The zero-order valence-corrected chi connectivity index (χ0v) is 16.4. The van der Waals surface area contributed by atoms with E-state index < -0.39 is 23.5 Å². The Morgan fingerprint density at radius 1 is 1.28 bits per heavy atom. The fourth-order valence-corrected chi connectivity index (χ4v) is 3.18. The highest BCUT2D eigenvalue weighted by Crippen LogP contribution is 2.22. The number of ether oxygens (including phenoxy) is 1. The molecule has 29 heavy (non-hydrogen) atoms. The van der Waals surface area contributed by atoms with Gasteiger partial charge in [0.05, 0.1) is 6.26 Å². The first-order valence-corrected chi connectivity index (χ1v) is 10.1. The minimum atomic E-state index is -0.865. The van der Waals surface area contributed by atoms with Crippen molar-refractivity contribution in [1.29, 1.82) is 0 Å². The molecule has 0 aliphatic carbocycles. The van der Waals surface area contributed by atoms with Crippen LogP contribution in [0.15, 0.2) is 56.3 Å². The van der Waals surface area contributed by atoms with Crippen LogP contribution in [0.2, 0.25) is 0 Å². The average molecular weight is 417 g/mol. The van der Waals surface area contributed by atoms with Gasteiger partial charge in [-0.2, -0.15) is 11.8 Å². The number of esters is 1. The Morgan fingerprint density at radius 2 is 2.10 bits per heavy atom. The molecule has 3 rings (SSSR count). The van der Waals surface area contributed by atoms with E-state index in [1.54, 1.807) is 12.1 Å². The van der Waals surface area contributed by atoms with Crippen molar-refractivity contribution in [2.24, 2.45) is 0 Å². The maximum atomic E-state index is 12.6. The van der Waals surface area contributed by atoms with Crippen molar-refractivity contribution in [3.8, 4) is 5.75 Å². The molecule has 0 unspecified atom stereocenters. The zero-order valence-electron chi connectivity index (χ0n) is 15.5. The van der Waals surface area contributed by atoms with Crippen molar-refractivity contribution in [3.63, 3.8) is 0 Å². The smallest absolute Gasteiger partial charge is 0.336 e. The molecule has 8 nitrogen and oxygen atoms in total. The molecule has 0 saturated carbocycles. The number of phenolic OH excluding ortho intramolecular Hbond substituents is 1. The van der Waals surface area contributed by atoms with Gasteiger partial charge in [-0.05, 0) is 42.7 Å². The number of carbonyl (C=O) groups is 2. The number of nitrogens with one attached hydrogen (secondary N) is 1. The highest BCUT2D eigenvalue weighted by molar-refractivity contribution is 7.98. The molecule has 1 atom stereocenters. The van der Waals surface area contributed by atoms with E-state index in [1.165, 1.54) is 42.3 Å². The second kappa shape index (κ2) is 9.33. The molecule has 0 spiro atoms. The van der Waals surface area contributed by atoms with Crippen LogP contribution < -0.4 is 10.9 Å². The normalized spacial score (nSPS) is 11.9. The third-order valence-corrected chi connectivity index (χ3v) is 4.77. The van der Waals surface area contributed by atoms with E-state index in [4.69, 9.17) is 13.6 Å². The number of furan rings is 1. The van der Waals surface area contributed by atoms with Gasteiger partial charge in [0.1, 0.15) is 24.0 Å². The first kappa shape index (κ1) is 20.5. The zero-order chi connectivity index (χ0) is 20.8. The van der Waals surface area contributed by atoms with Crippen molar-refractivity contribution in [2.75, 3.05) is 12.0 Å². The number of rotatable bonds is 8. The van der Waals surface area contributed by atoms with E-state index in [9.17, 15) is 19.5 Å². The second-order valence-electron chi connectivity index (χ2n) is 6.16. The summed E-state index contributed by atoms with van der Waals surface area (Å²) in [6, 6.07) is 7.76. The summed E-state index contributed by atoms with van der Waals surface area (Å²) in [5.41, 5.74) is -0.00149.